The number of aromatic hydroxyl groups is 1. The molecule has 4 amide bonds. The van der Waals surface area contributed by atoms with Crippen LogP contribution in [0.1, 0.15) is 163 Å². The second kappa shape index (κ2) is 42.0. The number of benzene rings is 4. The second-order valence-electron chi connectivity index (χ2n) is 40.0. The molecule has 0 spiro atoms. The summed E-state index contributed by atoms with van der Waals surface area (Å²) in [6.07, 6.45) is 12.5. The first-order chi connectivity index (χ1) is 69.2. The summed E-state index contributed by atoms with van der Waals surface area (Å²) in [5.41, 5.74) is 22.4. The fourth-order valence-electron chi connectivity index (χ4n) is 20.5. The molecule has 9 aromatic heterocycles. The lowest BCUT2D eigenvalue weighted by molar-refractivity contribution is 0.0971. The van der Waals surface area contributed by atoms with Crippen LogP contribution in [0.4, 0.5) is 56.6 Å². The lowest BCUT2D eigenvalue weighted by Crippen LogP contribution is -2.59. The number of phenolic OH excluding ortho intramolecular Hbond substituents is 1. The van der Waals surface area contributed by atoms with E-state index in [2.05, 4.69) is 131 Å². The molecule has 13 heterocycles. The SMILES string of the molecule is CC(C)COc1cc(F)cc(-c2ccc(C(=O)NS(=O)(=O)c3cccc(N)n3)c(N3CC4C5CCC(C5)C43)n2)c1.CC1CN(c2ncccc2C(=O)NS(=O)(=O)c2cccc(Nc3ccc4[nH]ccc4c3)n2)C(C)(C)C1.CCOc1cccc(-c2ccc(C(=O)NS(=O)(=O)c3cccnc3N)c(N3C[C@@H](C)CC3(C)C)n2)c1.C[C@@H]1CN(c2nc(-c3cccc(O)c3)ccc2C(=O)NS(=O)(=O)c2cccnc2N)C(C)(C)C1. The van der Waals surface area contributed by atoms with Crippen LogP contribution in [0.5, 0.6) is 17.2 Å². The molecule has 4 saturated heterocycles. The number of fused-ring (bicyclic) bond motifs is 6. The number of H-pyrrole nitrogens is 1. The zero-order valence-corrected chi connectivity index (χ0v) is 86.0. The monoisotopic (exact) mass is 2060 g/mol. The summed E-state index contributed by atoms with van der Waals surface area (Å²) in [4.78, 5) is 98.7. The Hall–Kier alpha value is -15.0. The topological polar surface area (TPSA) is 514 Å². The van der Waals surface area contributed by atoms with Crippen molar-refractivity contribution >= 4 is 127 Å². The van der Waals surface area contributed by atoms with E-state index in [1.165, 1.54) is 85.9 Å². The summed E-state index contributed by atoms with van der Waals surface area (Å²) in [6, 6.07) is 53.7. The van der Waals surface area contributed by atoms with Crippen LogP contribution in [0.15, 0.2) is 245 Å². The van der Waals surface area contributed by atoms with Crippen LogP contribution in [0.3, 0.4) is 0 Å². The molecule has 6 fully saturated rings. The third-order valence-electron chi connectivity index (χ3n) is 26.7. The van der Waals surface area contributed by atoms with E-state index in [-0.39, 0.29) is 93.9 Å². The molecule has 146 heavy (non-hydrogen) atoms. The van der Waals surface area contributed by atoms with Gasteiger partial charge in [0.25, 0.3) is 63.7 Å². The Morgan fingerprint density at radius 1 is 0.479 bits per heavy atom. The van der Waals surface area contributed by atoms with Gasteiger partial charge in [-0.25, -0.2) is 80.0 Å². The molecule has 2 bridgehead atoms. The normalized spacial score (nSPS) is 18.9. The average Bonchev–Trinajstić information content (AvgIpc) is 1.52. The number of sulfonamides is 4. The maximum Gasteiger partial charge on any atom is 0.281 e. The van der Waals surface area contributed by atoms with Crippen LogP contribution in [0.2, 0.25) is 0 Å². The van der Waals surface area contributed by atoms with Crippen molar-refractivity contribution in [3.05, 3.63) is 253 Å². The van der Waals surface area contributed by atoms with E-state index in [1.807, 2.05) is 80.4 Å². The van der Waals surface area contributed by atoms with Gasteiger partial charge in [-0.3, -0.25) is 19.2 Å². The van der Waals surface area contributed by atoms with Gasteiger partial charge in [0.05, 0.1) is 52.5 Å². The first-order valence-electron chi connectivity index (χ1n) is 48.0. The molecule has 4 aliphatic heterocycles. The van der Waals surface area contributed by atoms with Crippen LogP contribution in [0, 0.1) is 47.2 Å². The van der Waals surface area contributed by atoms with Crippen LogP contribution in [-0.4, -0.2) is 169 Å². The fourth-order valence-corrected chi connectivity index (χ4v) is 24.5. The molecule has 5 unspecified atom stereocenters. The van der Waals surface area contributed by atoms with Crippen LogP contribution >= 0.6 is 0 Å². The summed E-state index contributed by atoms with van der Waals surface area (Å²) in [5.74, 6) is 2.44. The minimum Gasteiger partial charge on any atom is -0.508 e. The Balaban J connectivity index is 0.000000140. The van der Waals surface area contributed by atoms with Crippen molar-refractivity contribution in [1.82, 2.24) is 63.7 Å². The minimum atomic E-state index is -4.28. The van der Waals surface area contributed by atoms with Crippen LogP contribution in [0.25, 0.3) is 44.7 Å². The predicted octanol–water partition coefficient (Wildman–Crippen LogP) is 15.7. The Kier molecular flexibility index (Phi) is 29.9. The van der Waals surface area contributed by atoms with E-state index in [9.17, 15) is 62.3 Å². The van der Waals surface area contributed by atoms with Crippen LogP contribution in [-0.2, 0) is 40.1 Å². The van der Waals surface area contributed by atoms with Gasteiger partial charge in [0.15, 0.2) is 10.1 Å². The molecule has 41 heteroatoms. The smallest absolute Gasteiger partial charge is 0.281 e. The Bertz CT molecular complexity index is 7650. The lowest BCUT2D eigenvalue weighted by atomic mass is 9.76. The molecule has 2 saturated carbocycles. The van der Waals surface area contributed by atoms with Gasteiger partial charge in [-0.2, -0.15) is 16.8 Å². The molecule has 13 aromatic rings. The van der Waals surface area contributed by atoms with Crippen molar-refractivity contribution in [2.75, 3.05) is 81.5 Å². The molecule has 13 N–H and O–H groups in total. The van der Waals surface area contributed by atoms with Crippen molar-refractivity contribution in [1.29, 1.82) is 0 Å². The number of anilines is 9. The number of rotatable bonds is 26. The molecule has 2 aliphatic carbocycles. The summed E-state index contributed by atoms with van der Waals surface area (Å²) >= 11 is 0. The van der Waals surface area contributed by atoms with Crippen molar-refractivity contribution in [2.45, 2.75) is 164 Å². The van der Waals surface area contributed by atoms with Gasteiger partial charge in [-0.05, 0) is 286 Å². The number of hydrogen-bond acceptors (Lipinski definition) is 31. The quantitative estimate of drug-likeness (QED) is 0.0241. The third kappa shape index (κ3) is 23.2. The van der Waals surface area contributed by atoms with E-state index >= 15 is 0 Å². The Labute approximate surface area is 848 Å². The number of carbonyl (C=O) groups is 4. The lowest BCUT2D eigenvalue weighted by Gasteiger charge is -2.51. The average molecular weight is 2060 g/mol. The van der Waals surface area contributed by atoms with Gasteiger partial charge in [-0.1, -0.05) is 71.0 Å². The number of carbonyl (C=O) groups excluding carboxylic acids is 4. The second-order valence-corrected chi connectivity index (χ2v) is 46.5. The fraction of sp³-hybridized carbons (Fsp3) is 0.333. The zero-order chi connectivity index (χ0) is 104. The maximum atomic E-state index is 14.6. The highest BCUT2D eigenvalue weighted by molar-refractivity contribution is 7.91. The molecule has 6 aliphatic rings. The zero-order valence-electron chi connectivity index (χ0n) is 82.7. The number of nitrogens with two attached hydrogens (primary N) is 3. The number of phenols is 1. The first kappa shape index (κ1) is 104. The predicted molar refractivity (Wildman–Crippen MR) is 558 cm³/mol. The molecule has 4 aromatic carbocycles. The minimum absolute atomic E-state index is 0.0248. The number of halogens is 1. The number of pyridine rings is 8. The number of aromatic nitrogens is 9. The Morgan fingerprint density at radius 2 is 0.959 bits per heavy atom. The summed E-state index contributed by atoms with van der Waals surface area (Å²) in [7, 11) is -17.0. The van der Waals surface area contributed by atoms with Gasteiger partial charge < -0.3 is 61.7 Å². The number of ether oxygens (including phenoxy) is 2. The summed E-state index contributed by atoms with van der Waals surface area (Å²) in [6.45, 7) is 28.7. The molecular weight excluding hydrogens is 1940 g/mol. The van der Waals surface area contributed by atoms with Gasteiger partial charge in [-0.15, -0.1) is 0 Å². The largest absolute Gasteiger partial charge is 0.508 e. The van der Waals surface area contributed by atoms with E-state index in [0.29, 0.717) is 125 Å². The highest BCUT2D eigenvalue weighted by atomic mass is 32.2. The molecule has 764 valence electrons. The van der Waals surface area contributed by atoms with E-state index < -0.39 is 69.5 Å². The highest BCUT2D eigenvalue weighted by Crippen LogP contribution is 2.57. The first-order valence-corrected chi connectivity index (χ1v) is 53.9. The van der Waals surface area contributed by atoms with Crippen molar-refractivity contribution < 1.29 is 71.8 Å². The number of nitrogen functional groups attached to an aromatic ring is 3. The van der Waals surface area contributed by atoms with Gasteiger partial charge in [0.2, 0.25) is 0 Å². The Morgan fingerprint density at radius 3 is 1.49 bits per heavy atom. The van der Waals surface area contributed by atoms with E-state index in [1.54, 1.807) is 97.2 Å². The highest BCUT2D eigenvalue weighted by Gasteiger charge is 2.57. The standard InChI is InChI=1S/C29H32FN5O4S.C26H28N6O3S.C26H31N5O4S.C24H27N5O4S/c1-16(2)15-39-21-12-19(11-20(30)13-21)24-9-8-22(29(36)34-40(37,38)26-5-3-4-25(31)33-26)28(32-24)35-14-23-17-6-7-18(10-17)27(23)35;1-17-15-26(2,3)32(16-17)24-20(6-5-12-28-24)25(33)31-36(34,35)23-8-4-7-22(30-23)29-19-9-10-21-18(14-19)11-13-27-21;1-5-35-19-9-6-8-18(14-19)21-12-11-20(24(29-21)31-16-17(2)15-26(31,3)4)25(32)30-36(33,34)22-10-7-13-28-23(22)27;1-15-13-24(2,3)29(14-15)22-18(9-10-19(27-22)16-6-4-7-17(30)12-16)23(31)28-34(32,33)20-8-5-11-26-21(20)25/h3-5,8-9,11-13,16-18,23,27H,6-7,10,14-15H2,1-2H3,(H2,31,33)(H,34,36);4-14,17,27H,15-16H2,1-3H3,(H,29,30)(H,31,33);6-14,17H,5,15-16H2,1-4H3,(H2,27,28)(H,30,32);4-12,15,30H,13-14H2,1-3H3,(H2,25,26)(H,28,31)/t;;17-;15-/m..00/s1. The molecular formula is C105H118FN21O15S4. The maximum absolute atomic E-state index is 14.6. The summed E-state index contributed by atoms with van der Waals surface area (Å²) in [5, 5.41) is 13.4. The third-order valence-corrected chi connectivity index (χ3v) is 31.9. The number of nitrogens with one attached hydrogen (secondary N) is 6. The molecule has 0 radical (unpaired) electrons. The summed E-state index contributed by atoms with van der Waals surface area (Å²) < 4.78 is 138. The van der Waals surface area contributed by atoms with Crippen molar-refractivity contribution in [3.8, 4) is 51.0 Å². The van der Waals surface area contributed by atoms with Gasteiger partial charge in [0, 0.05) is 113 Å². The number of amides is 4. The van der Waals surface area contributed by atoms with Crippen molar-refractivity contribution in [2.24, 2.45) is 41.4 Å². The van der Waals surface area contributed by atoms with Crippen molar-refractivity contribution in [3.63, 3.8) is 0 Å². The molecule has 19 rings (SSSR count). The van der Waals surface area contributed by atoms with Gasteiger partial charge >= 0.3 is 0 Å². The van der Waals surface area contributed by atoms with E-state index in [4.69, 9.17) is 41.6 Å². The van der Waals surface area contributed by atoms with Crippen LogP contribution < -0.4 is 70.5 Å². The molecule has 36 nitrogen and oxygen atoms in total. The van der Waals surface area contributed by atoms with Gasteiger partial charge in [0.1, 0.15) is 79.4 Å². The number of aromatic amines is 1. The van der Waals surface area contributed by atoms with E-state index in [0.717, 1.165) is 66.7 Å². The number of hydrogen-bond donors (Lipinski definition) is 10. The number of nitrogens with zero attached hydrogens (tertiary/aromatic N) is 12. The molecule has 7 atom stereocenters.